The summed E-state index contributed by atoms with van der Waals surface area (Å²) in [6, 6.07) is 0. The van der Waals surface area contributed by atoms with E-state index < -0.39 is 0 Å². The average molecular weight is 341 g/mol. The third-order valence-corrected chi connectivity index (χ3v) is 1.61. The summed E-state index contributed by atoms with van der Waals surface area (Å²) in [5.74, 6) is 0. The Morgan fingerprint density at radius 2 is 1.45 bits per heavy atom. The smallest absolute Gasteiger partial charge is 0.155 e. The number of rotatable bonds is 2. The van der Waals surface area contributed by atoms with Crippen molar-refractivity contribution in [3.8, 4) is 0 Å². The molecule has 1 aliphatic heterocycles. The third kappa shape index (κ3) is 2.80. The molecule has 0 aliphatic carbocycles. The monoisotopic (exact) mass is 341 g/mol. The second kappa shape index (κ2) is 5.22. The van der Waals surface area contributed by atoms with Crippen molar-refractivity contribution in [3.63, 3.8) is 0 Å². The minimum atomic E-state index is -0.151. The molecule has 0 amide bonds. The largest absolute Gasteiger partial charge is 0.346 e. The fourth-order valence-corrected chi connectivity index (χ4v) is 1.11. The normalized spacial score (nSPS) is 31.9. The van der Waals surface area contributed by atoms with Crippen molar-refractivity contribution in [1.29, 1.82) is 0 Å². The Morgan fingerprint density at radius 3 is 1.73 bits per heavy atom. The molecule has 0 aromatic heterocycles. The van der Waals surface area contributed by atoms with Crippen LogP contribution in [0.4, 0.5) is 0 Å². The zero-order chi connectivity index (χ0) is 7.56. The van der Waals surface area contributed by atoms with Gasteiger partial charge in [-0.3, -0.25) is 0 Å². The van der Waals surface area contributed by atoms with Crippen LogP contribution in [0.15, 0.2) is 0 Å². The number of hydrogen-bond acceptors (Lipinski definition) is 4. The van der Waals surface area contributed by atoms with Crippen LogP contribution in [-0.4, -0.2) is 31.6 Å². The molecular formula is C6H14N2O2Pt. The fourth-order valence-electron chi connectivity index (χ4n) is 1.11. The van der Waals surface area contributed by atoms with Gasteiger partial charge in [0.05, 0.1) is 0 Å². The van der Waals surface area contributed by atoms with E-state index in [9.17, 15) is 0 Å². The molecule has 0 spiro atoms. The van der Waals surface area contributed by atoms with Gasteiger partial charge in [0, 0.05) is 34.2 Å². The molecule has 4 nitrogen and oxygen atoms in total. The summed E-state index contributed by atoms with van der Waals surface area (Å²) < 4.78 is 10.6. The first-order valence-corrected chi connectivity index (χ1v) is 3.49. The summed E-state index contributed by atoms with van der Waals surface area (Å²) in [4.78, 5) is 0. The Balaban J connectivity index is 0.000001000. The Bertz CT molecular complexity index is 103. The second-order valence-electron chi connectivity index (χ2n) is 2.39. The molecule has 0 radical (unpaired) electrons. The van der Waals surface area contributed by atoms with Crippen LogP contribution in [0.25, 0.3) is 0 Å². The van der Waals surface area contributed by atoms with E-state index >= 15 is 0 Å². The average Bonchev–Trinajstić information content (AvgIpc) is 2.30. The van der Waals surface area contributed by atoms with Crippen molar-refractivity contribution in [1.82, 2.24) is 0 Å². The molecule has 4 N–H and O–H groups in total. The van der Waals surface area contributed by atoms with Crippen LogP contribution >= 0.6 is 0 Å². The van der Waals surface area contributed by atoms with Gasteiger partial charge in [-0.25, -0.2) is 0 Å². The van der Waals surface area contributed by atoms with Crippen molar-refractivity contribution < 1.29 is 30.5 Å². The van der Waals surface area contributed by atoms with Crippen molar-refractivity contribution in [2.45, 2.75) is 25.4 Å². The first kappa shape index (κ1) is 11.5. The minimum absolute atomic E-state index is 0. The van der Waals surface area contributed by atoms with Gasteiger partial charge in [0.25, 0.3) is 0 Å². The molecule has 1 saturated heterocycles. The Morgan fingerprint density at radius 1 is 1.09 bits per heavy atom. The maximum Gasteiger partial charge on any atom is 0.155 e. The van der Waals surface area contributed by atoms with Crippen LogP contribution in [0.3, 0.4) is 0 Å². The van der Waals surface area contributed by atoms with Gasteiger partial charge in [-0.1, -0.05) is 0 Å². The summed E-state index contributed by atoms with van der Waals surface area (Å²) in [6.07, 6.45) is -0.179. The molecule has 5 heteroatoms. The Kier molecular flexibility index (Phi) is 5.47. The van der Waals surface area contributed by atoms with Gasteiger partial charge < -0.3 is 20.9 Å². The second-order valence-corrected chi connectivity index (χ2v) is 2.39. The van der Waals surface area contributed by atoms with E-state index in [1.54, 1.807) is 0 Å². The van der Waals surface area contributed by atoms with Gasteiger partial charge in [0.2, 0.25) is 0 Å². The molecule has 1 aliphatic rings. The zero-order valence-electron chi connectivity index (χ0n) is 6.43. The van der Waals surface area contributed by atoms with E-state index in [1.165, 1.54) is 0 Å². The van der Waals surface area contributed by atoms with Crippen molar-refractivity contribution >= 4 is 0 Å². The van der Waals surface area contributed by atoms with Crippen LogP contribution in [0.2, 0.25) is 0 Å². The fraction of sp³-hybridized carbons (Fsp3) is 1.00. The van der Waals surface area contributed by atoms with Gasteiger partial charge in [-0.15, -0.1) is 0 Å². The molecule has 70 valence electrons. The topological polar surface area (TPSA) is 70.5 Å². The van der Waals surface area contributed by atoms with Crippen molar-refractivity contribution in [2.75, 3.05) is 13.1 Å². The number of ether oxygens (including phenoxy) is 2. The molecule has 0 aromatic carbocycles. The summed E-state index contributed by atoms with van der Waals surface area (Å²) in [5, 5.41) is 0. The first-order chi connectivity index (χ1) is 4.77. The molecule has 0 saturated carbocycles. The van der Waals surface area contributed by atoms with E-state index in [0.29, 0.717) is 13.1 Å². The Labute approximate surface area is 80.9 Å². The number of hydrogen-bond donors (Lipinski definition) is 2. The van der Waals surface area contributed by atoms with Gasteiger partial charge in [-0.05, 0) is 6.92 Å². The van der Waals surface area contributed by atoms with E-state index in [-0.39, 0.29) is 39.6 Å². The van der Waals surface area contributed by atoms with E-state index in [2.05, 4.69) is 0 Å². The molecule has 0 aromatic rings. The van der Waals surface area contributed by atoms with Gasteiger partial charge in [0.15, 0.2) is 6.29 Å². The summed E-state index contributed by atoms with van der Waals surface area (Å²) in [6.45, 7) is 2.80. The maximum absolute atomic E-state index is 5.40. The quantitative estimate of drug-likeness (QED) is 0.678. The molecule has 1 rings (SSSR count). The minimum Gasteiger partial charge on any atom is -0.346 e. The predicted molar refractivity (Wildman–Crippen MR) is 37.3 cm³/mol. The van der Waals surface area contributed by atoms with E-state index in [1.807, 2.05) is 6.92 Å². The third-order valence-electron chi connectivity index (χ3n) is 1.61. The molecule has 1 fully saturated rings. The predicted octanol–water partition coefficient (Wildman–Crippen LogP) is -0.969. The number of nitrogens with two attached hydrogens (primary N) is 2. The summed E-state index contributed by atoms with van der Waals surface area (Å²) in [5.41, 5.74) is 10.8. The van der Waals surface area contributed by atoms with Crippen LogP contribution < -0.4 is 11.5 Å². The standard InChI is InChI=1S/C6H14N2O2.Pt/c1-4-9-5(2-7)6(3-8)10-4;/h4-6H,2-3,7-8H2,1H3;/t5-,6-;/m1./s1. The van der Waals surface area contributed by atoms with Crippen LogP contribution in [-0.2, 0) is 30.5 Å². The van der Waals surface area contributed by atoms with Crippen LogP contribution in [0, 0.1) is 0 Å². The van der Waals surface area contributed by atoms with Crippen molar-refractivity contribution in [2.24, 2.45) is 11.5 Å². The van der Waals surface area contributed by atoms with E-state index in [0.717, 1.165) is 0 Å². The molecule has 2 atom stereocenters. The van der Waals surface area contributed by atoms with Gasteiger partial charge >= 0.3 is 0 Å². The van der Waals surface area contributed by atoms with Crippen LogP contribution in [0.5, 0.6) is 0 Å². The zero-order valence-corrected chi connectivity index (χ0v) is 8.71. The van der Waals surface area contributed by atoms with Crippen LogP contribution in [0.1, 0.15) is 6.92 Å². The van der Waals surface area contributed by atoms with Gasteiger partial charge in [0.1, 0.15) is 12.2 Å². The maximum atomic E-state index is 5.40. The molecule has 11 heavy (non-hydrogen) atoms. The SMILES string of the molecule is CC1O[C@H](CN)[C@@H](CN)O1.[Pt]. The molecule has 0 bridgehead atoms. The first-order valence-electron chi connectivity index (χ1n) is 3.49. The summed E-state index contributed by atoms with van der Waals surface area (Å²) >= 11 is 0. The summed E-state index contributed by atoms with van der Waals surface area (Å²) in [7, 11) is 0. The molecule has 1 heterocycles. The van der Waals surface area contributed by atoms with E-state index in [4.69, 9.17) is 20.9 Å². The van der Waals surface area contributed by atoms with Crippen molar-refractivity contribution in [3.05, 3.63) is 0 Å². The Hall–Kier alpha value is 0.528. The molecular weight excluding hydrogens is 327 g/mol. The molecule has 0 unspecified atom stereocenters. The van der Waals surface area contributed by atoms with Gasteiger partial charge in [-0.2, -0.15) is 0 Å².